The molecule has 0 aromatic rings. The van der Waals surface area contributed by atoms with Crippen LogP contribution in [0.3, 0.4) is 0 Å². The van der Waals surface area contributed by atoms with Gasteiger partial charge in [-0.05, 0) is 0 Å². The number of alkyl halides is 1. The van der Waals surface area contributed by atoms with Crippen molar-refractivity contribution in [3.05, 3.63) is 0 Å². The van der Waals surface area contributed by atoms with E-state index in [-0.39, 0.29) is 6.54 Å². The average Bonchev–Trinajstić information content (AvgIpc) is 1.39. The maximum Gasteiger partial charge on any atom is 0.185 e. The Morgan fingerprint density at radius 2 is 1.71 bits per heavy atom. The van der Waals surface area contributed by atoms with Crippen molar-refractivity contribution in [2.45, 2.75) is 0 Å². The van der Waals surface area contributed by atoms with Gasteiger partial charge in [0.1, 0.15) is 0 Å². The molecule has 0 heterocycles. The van der Waals surface area contributed by atoms with Crippen molar-refractivity contribution in [3.63, 3.8) is 0 Å². The first-order valence-corrected chi connectivity index (χ1v) is 0.977. The van der Waals surface area contributed by atoms with E-state index in [0.29, 0.717) is 0 Å². The Bertz CT molecular complexity index is 27.7. The third-order valence-corrected chi connectivity index (χ3v) is 0. The fourth-order valence-corrected chi connectivity index (χ4v) is 0. The van der Waals surface area contributed by atoms with Crippen molar-refractivity contribution in [1.82, 2.24) is 0 Å². The fraction of sp³-hybridized carbons (Fsp3) is 0.500. The summed E-state index contributed by atoms with van der Waals surface area (Å²) in [5.41, 5.74) is 0. The zero-order chi connectivity index (χ0) is 5.41. The van der Waals surface area contributed by atoms with Gasteiger partial charge in [-0.2, -0.15) is 0 Å². The van der Waals surface area contributed by atoms with Gasteiger partial charge in [0.25, 0.3) is 0 Å². The Kier molecular flexibility index (Phi) is 581. The van der Waals surface area contributed by atoms with Crippen LogP contribution in [-0.4, -0.2) is 18.5 Å². The molecule has 2 nitrogen and oxygen atoms in total. The molecule has 0 aliphatic carbocycles. The van der Waals surface area contributed by atoms with Crippen LogP contribution in [0, 0.1) is 0 Å². The molecule has 0 amide bonds. The van der Waals surface area contributed by atoms with Gasteiger partial charge in [0.2, 0.25) is 0 Å². The number of halogens is 2. The van der Waals surface area contributed by atoms with Crippen molar-refractivity contribution >= 4 is 6.54 Å². The summed E-state index contributed by atoms with van der Waals surface area (Å²) in [6, 6.07) is 0. The Balaban J connectivity index is -0.0000000400. The van der Waals surface area contributed by atoms with Gasteiger partial charge in [0.05, 0.1) is 0 Å². The van der Waals surface area contributed by atoms with Crippen LogP contribution in [0.2, 0.25) is 0 Å². The third-order valence-electron chi connectivity index (χ3n) is 0. The molecule has 0 bridgehead atoms. The summed E-state index contributed by atoms with van der Waals surface area (Å²) in [6.45, 7) is -1.25. The molecule has 40 valence electrons. The van der Waals surface area contributed by atoms with E-state index >= 15 is 0 Å². The van der Waals surface area contributed by atoms with Crippen LogP contribution in [0.4, 0.5) is 8.78 Å². The van der Waals surface area contributed by atoms with Gasteiger partial charge in [-0.25, -0.2) is 4.39 Å². The monoisotopic (exact) mass is 364 g/mol. The molecule has 0 rings (SSSR count). The van der Waals surface area contributed by atoms with E-state index in [2.05, 4.69) is 0 Å². The minimum atomic E-state index is -1.25. The van der Waals surface area contributed by atoms with Crippen LogP contribution in [0.1, 0.15) is 0 Å². The van der Waals surface area contributed by atoms with Crippen molar-refractivity contribution < 1.29 is 18.7 Å². The van der Waals surface area contributed by atoms with Crippen LogP contribution in [0.5, 0.6) is 0 Å². The summed E-state index contributed by atoms with van der Waals surface area (Å²) >= 11 is 0. The molecule has 0 unspecified atom stereocenters. The third kappa shape index (κ3) is 12.2. The minimum Gasteiger partial charge on any atom is -0.507 e. The summed E-state index contributed by atoms with van der Waals surface area (Å²) in [4.78, 5) is 8.01. The molecule has 0 saturated heterocycles. The Morgan fingerprint density at radius 1 is 1.71 bits per heavy atom. The van der Waals surface area contributed by atoms with Crippen molar-refractivity contribution in [1.29, 1.82) is 0 Å². The van der Waals surface area contributed by atoms with Crippen LogP contribution < -0.4 is 0 Å². The number of rotatable bonds is 0. The van der Waals surface area contributed by atoms with E-state index in [1.807, 2.05) is 0 Å². The molecule has 1 N–H and O–H groups in total. The van der Waals surface area contributed by atoms with Crippen molar-refractivity contribution in [3.8, 4) is 0 Å². The summed E-state index contributed by atoms with van der Waals surface area (Å²) in [6.07, 6.45) is 0. The van der Waals surface area contributed by atoms with Gasteiger partial charge in [-0.15, -0.1) is 0 Å². The molecule has 0 aliphatic rings. The van der Waals surface area contributed by atoms with E-state index in [1.165, 1.54) is 0 Å². The van der Waals surface area contributed by atoms with E-state index in [9.17, 15) is 8.78 Å². The molecule has 0 fully saturated rings. The van der Waals surface area contributed by atoms with Gasteiger partial charge < -0.3 is 14.3 Å². The van der Waals surface area contributed by atoms with Crippen LogP contribution >= 0.6 is 0 Å². The molecule has 5 heteroatoms. The van der Waals surface area contributed by atoms with Gasteiger partial charge in [-0.1, -0.05) is 6.54 Å². The predicted octanol–water partition coefficient (Wildman–Crippen LogP) is -0.0712. The predicted molar refractivity (Wildman–Crippen MR) is 15.0 cm³/mol. The number of carbonyl (C=O) groups excluding carboxylic acids is 1. The second kappa shape index (κ2) is 228. The number of hydrogen-bond acceptors (Lipinski definition) is 2. The standard InChI is InChI=1S/CH3FO.CFO.Rf/c2*2-1-3;/h3H,1H2;;/q;-1;. The Hall–Kier alpha value is -1.51. The molecular formula is C2H3F2O2Rf-. The molecule has 0 aliphatic heterocycles. The quantitative estimate of drug-likeness (QED) is 0.483. The van der Waals surface area contributed by atoms with Gasteiger partial charge >= 0.3 is 0 Å². The second-order valence-corrected chi connectivity index (χ2v) is 0.197. The fourth-order valence-electron chi connectivity index (χ4n) is 0. The number of aliphatic hydroxyl groups is 1. The Morgan fingerprint density at radius 3 is 1.71 bits per heavy atom. The summed E-state index contributed by atoms with van der Waals surface area (Å²) in [5.74, 6) is 0. The van der Waals surface area contributed by atoms with Gasteiger partial charge in [0, 0.05) is 0 Å². The molecule has 0 spiro atoms. The average molecular weight is 364 g/mol. The molecule has 7 heavy (non-hydrogen) atoms. The molecular weight excluding hydrogens is 361 g/mol. The molecule has 0 aromatic heterocycles. The summed E-state index contributed by atoms with van der Waals surface area (Å²) < 4.78 is 19.3. The topological polar surface area (TPSA) is 37.3 Å². The zero-order valence-corrected chi connectivity index (χ0v) is 9.92. The smallest absolute Gasteiger partial charge is 0.185 e. The minimum absolute atomic E-state index is 0. The number of aliphatic hydroxyl groups excluding tert-OH is 1. The largest absolute Gasteiger partial charge is 0.507 e. The van der Waals surface area contributed by atoms with Gasteiger partial charge in [0.15, 0.2) is 6.86 Å². The first kappa shape index (κ1) is 17.9. The van der Waals surface area contributed by atoms with E-state index in [0.717, 1.165) is 0 Å². The maximum atomic E-state index is 9.85. The van der Waals surface area contributed by atoms with Crippen molar-refractivity contribution in [2.75, 3.05) is 6.86 Å². The first-order chi connectivity index (χ1) is 2.83. The maximum absolute atomic E-state index is 9.85. The van der Waals surface area contributed by atoms with Crippen molar-refractivity contribution in [2.24, 2.45) is 0 Å². The SMILES string of the molecule is O=[C-]F.OCF.[Rf]. The molecule has 0 aromatic carbocycles. The molecule has 0 atom stereocenters. The van der Waals surface area contributed by atoms with Gasteiger partial charge in [-0.3, -0.25) is 0 Å². The molecule has 0 saturated carbocycles. The van der Waals surface area contributed by atoms with E-state index < -0.39 is 6.86 Å². The van der Waals surface area contributed by atoms with Crippen LogP contribution in [0.15, 0.2) is 0 Å². The van der Waals surface area contributed by atoms with Crippen LogP contribution in [-0.2, 0) is 4.79 Å². The number of hydrogen-bond donors (Lipinski definition) is 1. The van der Waals surface area contributed by atoms with E-state index in [1.54, 1.807) is 0 Å². The molecule has 0 radical (unpaired) electrons. The zero-order valence-electron chi connectivity index (χ0n) is 3.53. The van der Waals surface area contributed by atoms with Crippen LogP contribution in [0.25, 0.3) is 0 Å². The summed E-state index contributed by atoms with van der Waals surface area (Å²) in [5, 5.41) is 6.90. The summed E-state index contributed by atoms with van der Waals surface area (Å²) in [7, 11) is 0. The first-order valence-electron chi connectivity index (χ1n) is 0.977. The van der Waals surface area contributed by atoms with E-state index in [4.69, 9.17) is 9.90 Å². The Labute approximate surface area is 33.4 Å². The normalized spacial score (nSPS) is 4.43. The second-order valence-electron chi connectivity index (χ2n) is 0.197.